The minimum absolute atomic E-state index is 0.170. The summed E-state index contributed by atoms with van der Waals surface area (Å²) in [7, 11) is 0. The minimum atomic E-state index is -1.18. The third-order valence-electron chi connectivity index (χ3n) is 5.06. The zero-order chi connectivity index (χ0) is 21.8. The van der Waals surface area contributed by atoms with Crippen molar-refractivity contribution in [2.75, 3.05) is 6.54 Å². The molecule has 0 saturated carbocycles. The van der Waals surface area contributed by atoms with E-state index < -0.39 is 10.9 Å². The fourth-order valence-corrected chi connectivity index (χ4v) is 3.97. The largest absolute Gasteiger partial charge is 0.330 e. The lowest BCUT2D eigenvalue weighted by molar-refractivity contribution is -0.132. The van der Waals surface area contributed by atoms with Crippen molar-refractivity contribution < 1.29 is 4.79 Å². The average molecular weight is 446 g/mol. The van der Waals surface area contributed by atoms with E-state index in [4.69, 9.17) is 28.2 Å². The molecule has 0 radical (unpaired) electrons. The third-order valence-corrected chi connectivity index (χ3v) is 5.43. The summed E-state index contributed by atoms with van der Waals surface area (Å²) in [4.78, 5) is 31.6. The Hall–Kier alpha value is -2.37. The van der Waals surface area contributed by atoms with E-state index in [-0.39, 0.29) is 11.5 Å². The summed E-state index contributed by atoms with van der Waals surface area (Å²) in [5, 5.41) is 0.526. The summed E-state index contributed by atoms with van der Waals surface area (Å²) < 4.78 is 1.61. The summed E-state index contributed by atoms with van der Waals surface area (Å²) in [6.07, 6.45) is 1.29. The number of aryl methyl sites for hydroxylation is 1. The maximum absolute atomic E-state index is 13.5. The second-order valence-corrected chi connectivity index (χ2v) is 8.32. The van der Waals surface area contributed by atoms with E-state index in [0.717, 1.165) is 12.0 Å². The van der Waals surface area contributed by atoms with Crippen molar-refractivity contribution in [3.05, 3.63) is 70.3 Å². The van der Waals surface area contributed by atoms with Gasteiger partial charge in [-0.1, -0.05) is 61.3 Å². The zero-order valence-electron chi connectivity index (χ0n) is 17.3. The first-order valence-electron chi connectivity index (χ1n) is 10.1. The van der Waals surface area contributed by atoms with E-state index in [1.807, 2.05) is 63.2 Å². The fraction of sp³-hybridized carbons (Fsp3) is 0.348. The summed E-state index contributed by atoms with van der Waals surface area (Å²) in [6, 6.07) is 14.5. The van der Waals surface area contributed by atoms with Crippen LogP contribution in [-0.2, 0) is 4.79 Å². The van der Waals surface area contributed by atoms with Gasteiger partial charge >= 0.3 is 0 Å². The number of alkyl halides is 2. The van der Waals surface area contributed by atoms with Crippen molar-refractivity contribution in [1.29, 1.82) is 0 Å². The molecule has 0 aliphatic carbocycles. The van der Waals surface area contributed by atoms with Gasteiger partial charge in [-0.2, -0.15) is 0 Å². The Bertz CT molecular complexity index is 1110. The lowest BCUT2D eigenvalue weighted by Gasteiger charge is -2.32. The van der Waals surface area contributed by atoms with Gasteiger partial charge in [0.2, 0.25) is 0 Å². The predicted octanol–water partition coefficient (Wildman–Crippen LogP) is 5.19. The van der Waals surface area contributed by atoms with Gasteiger partial charge in [-0.05, 0) is 49.6 Å². The molecule has 1 aromatic heterocycles. The van der Waals surface area contributed by atoms with E-state index in [1.54, 1.807) is 15.5 Å². The topological polar surface area (TPSA) is 55.2 Å². The number of hydrogen-bond donors (Lipinski definition) is 0. The van der Waals surface area contributed by atoms with E-state index >= 15 is 0 Å². The number of fused-ring (bicyclic) bond motifs is 1. The number of nitrogens with zero attached hydrogens (tertiary/aromatic N) is 3. The second-order valence-electron chi connectivity index (χ2n) is 7.22. The maximum atomic E-state index is 13.5. The van der Waals surface area contributed by atoms with Crippen molar-refractivity contribution in [3.63, 3.8) is 0 Å². The summed E-state index contributed by atoms with van der Waals surface area (Å²) in [6.45, 7) is 6.37. The second kappa shape index (κ2) is 9.63. The van der Waals surface area contributed by atoms with Crippen LogP contribution in [0.4, 0.5) is 0 Å². The van der Waals surface area contributed by atoms with Crippen LogP contribution in [-0.4, -0.2) is 31.7 Å². The zero-order valence-corrected chi connectivity index (χ0v) is 18.8. The number of benzene rings is 2. The van der Waals surface area contributed by atoms with Crippen LogP contribution in [0.15, 0.2) is 53.3 Å². The Labute approximate surface area is 186 Å². The average Bonchev–Trinajstić information content (AvgIpc) is 2.73. The molecule has 7 heteroatoms. The fourth-order valence-electron chi connectivity index (χ4n) is 3.72. The summed E-state index contributed by atoms with van der Waals surface area (Å²) in [5.41, 5.74) is 2.16. The Morgan fingerprint density at radius 3 is 2.50 bits per heavy atom. The van der Waals surface area contributed by atoms with Gasteiger partial charge in [0.15, 0.2) is 4.84 Å². The van der Waals surface area contributed by atoms with E-state index in [0.29, 0.717) is 35.4 Å². The van der Waals surface area contributed by atoms with Gasteiger partial charge in [-0.25, -0.2) is 4.98 Å². The third kappa shape index (κ3) is 4.37. The predicted molar refractivity (Wildman–Crippen MR) is 123 cm³/mol. The van der Waals surface area contributed by atoms with E-state index in [9.17, 15) is 9.59 Å². The van der Waals surface area contributed by atoms with Crippen LogP contribution in [0.25, 0.3) is 16.6 Å². The highest BCUT2D eigenvalue weighted by molar-refractivity contribution is 6.53. The van der Waals surface area contributed by atoms with Gasteiger partial charge in [0, 0.05) is 6.54 Å². The summed E-state index contributed by atoms with van der Waals surface area (Å²) in [5.74, 6) is 0.118. The SMILES string of the molecule is CCCN(C(=O)C(Cl)Cl)C(CC)c1nc2ccccc2c(=O)n1-c1cccc(C)c1. The number of aromatic nitrogens is 2. The van der Waals surface area contributed by atoms with Crippen molar-refractivity contribution >= 4 is 40.0 Å². The lowest BCUT2D eigenvalue weighted by Crippen LogP contribution is -2.41. The molecule has 0 aliphatic heterocycles. The first kappa shape index (κ1) is 22.3. The first-order valence-corrected chi connectivity index (χ1v) is 10.9. The molecule has 3 rings (SSSR count). The van der Waals surface area contributed by atoms with Crippen molar-refractivity contribution in [3.8, 4) is 5.69 Å². The first-order chi connectivity index (χ1) is 14.4. The van der Waals surface area contributed by atoms with Crippen LogP contribution in [0.1, 0.15) is 44.1 Å². The number of hydrogen-bond acceptors (Lipinski definition) is 3. The number of para-hydroxylation sites is 1. The molecule has 0 fully saturated rings. The van der Waals surface area contributed by atoms with Gasteiger partial charge in [-0.3, -0.25) is 14.2 Å². The van der Waals surface area contributed by atoms with Crippen LogP contribution in [0.3, 0.4) is 0 Å². The van der Waals surface area contributed by atoms with Crippen LogP contribution in [0.5, 0.6) is 0 Å². The van der Waals surface area contributed by atoms with Crippen LogP contribution < -0.4 is 5.56 Å². The number of halogens is 2. The van der Waals surface area contributed by atoms with Gasteiger partial charge in [0.05, 0.1) is 22.6 Å². The van der Waals surface area contributed by atoms with Gasteiger partial charge in [0.1, 0.15) is 5.82 Å². The van der Waals surface area contributed by atoms with Crippen LogP contribution >= 0.6 is 23.2 Å². The standard InChI is InChI=1S/C23H25Cl2N3O2/c1-4-13-27(23(30)20(24)25)19(5-2)21-26-18-12-7-6-11-17(18)22(29)28(21)16-10-8-9-15(3)14-16/h6-12,14,19-20H,4-5,13H2,1-3H3. The number of carbonyl (C=O) groups excluding carboxylic acids is 1. The Balaban J connectivity index is 2.33. The molecule has 2 aromatic carbocycles. The molecule has 30 heavy (non-hydrogen) atoms. The van der Waals surface area contributed by atoms with E-state index in [2.05, 4.69) is 0 Å². The normalized spacial score (nSPS) is 12.3. The Kier molecular flexibility index (Phi) is 7.16. The van der Waals surface area contributed by atoms with Crippen LogP contribution in [0.2, 0.25) is 0 Å². The highest BCUT2D eigenvalue weighted by Gasteiger charge is 2.31. The van der Waals surface area contributed by atoms with Crippen LogP contribution in [0, 0.1) is 6.92 Å². The van der Waals surface area contributed by atoms with Crippen molar-refractivity contribution in [2.24, 2.45) is 0 Å². The maximum Gasteiger partial charge on any atom is 0.266 e. The molecule has 3 aromatic rings. The highest BCUT2D eigenvalue weighted by atomic mass is 35.5. The van der Waals surface area contributed by atoms with Gasteiger partial charge in [0.25, 0.3) is 11.5 Å². The molecule has 0 aliphatic rings. The number of rotatable bonds is 7. The molecule has 1 unspecified atom stereocenters. The number of amides is 1. The Morgan fingerprint density at radius 2 is 1.87 bits per heavy atom. The smallest absolute Gasteiger partial charge is 0.266 e. The van der Waals surface area contributed by atoms with Crippen molar-refractivity contribution in [1.82, 2.24) is 14.5 Å². The molecular weight excluding hydrogens is 421 g/mol. The monoisotopic (exact) mass is 445 g/mol. The molecule has 0 bridgehead atoms. The van der Waals surface area contributed by atoms with Crippen molar-refractivity contribution in [2.45, 2.75) is 44.5 Å². The molecule has 0 saturated heterocycles. The quantitative estimate of drug-likeness (QED) is 0.470. The van der Waals surface area contributed by atoms with Gasteiger partial charge in [-0.15, -0.1) is 0 Å². The molecule has 1 amide bonds. The molecule has 5 nitrogen and oxygen atoms in total. The highest BCUT2D eigenvalue weighted by Crippen LogP contribution is 2.28. The molecule has 158 valence electrons. The molecule has 1 heterocycles. The summed E-state index contributed by atoms with van der Waals surface area (Å²) >= 11 is 11.9. The molecule has 1 atom stereocenters. The molecule has 0 spiro atoms. The van der Waals surface area contributed by atoms with Gasteiger partial charge < -0.3 is 4.90 Å². The van der Waals surface area contributed by atoms with E-state index in [1.165, 1.54) is 0 Å². The minimum Gasteiger partial charge on any atom is -0.330 e. The Morgan fingerprint density at radius 1 is 1.13 bits per heavy atom. The molecule has 0 N–H and O–H groups in total. The number of carbonyl (C=O) groups is 1. The lowest BCUT2D eigenvalue weighted by atomic mass is 10.1. The molecular formula is C23H25Cl2N3O2.